The number of ether oxygens (including phenoxy) is 1. The molecule has 3 amide bonds. The van der Waals surface area contributed by atoms with Crippen LogP contribution in [0.1, 0.15) is 44.7 Å². The Morgan fingerprint density at radius 3 is 2.09 bits per heavy atom. The molecule has 0 spiro atoms. The maximum absolute atomic E-state index is 12.1. The van der Waals surface area contributed by atoms with Gasteiger partial charge in [-0.15, -0.1) is 0 Å². The fraction of sp³-hybridized carbons (Fsp3) is 0.375. The number of halogens is 1. The lowest BCUT2D eigenvalue weighted by molar-refractivity contribution is -0.121. The molecule has 3 N–H and O–H groups in total. The maximum atomic E-state index is 12.1. The summed E-state index contributed by atoms with van der Waals surface area (Å²) in [7, 11) is 0. The van der Waals surface area contributed by atoms with E-state index in [9.17, 15) is 14.4 Å². The van der Waals surface area contributed by atoms with Gasteiger partial charge < -0.3 is 20.7 Å². The molecule has 7 nitrogen and oxygen atoms in total. The number of amides is 3. The van der Waals surface area contributed by atoms with Crippen LogP contribution in [0.2, 0.25) is 0 Å². The molecule has 0 bridgehead atoms. The number of alkyl carbamates (subject to hydrolysis) is 1. The number of hydrogen-bond acceptors (Lipinski definition) is 4. The smallest absolute Gasteiger partial charge is 0.407 e. The summed E-state index contributed by atoms with van der Waals surface area (Å²) in [5.74, 6) is -0.224. The molecule has 32 heavy (non-hydrogen) atoms. The van der Waals surface area contributed by atoms with Crippen molar-refractivity contribution in [3.05, 3.63) is 64.1 Å². The highest BCUT2D eigenvalue weighted by Crippen LogP contribution is 2.12. The molecule has 8 heteroatoms. The van der Waals surface area contributed by atoms with Gasteiger partial charge in [0.05, 0.1) is 0 Å². The highest BCUT2D eigenvalue weighted by atomic mass is 79.9. The molecule has 0 saturated heterocycles. The van der Waals surface area contributed by atoms with Crippen LogP contribution in [0.15, 0.2) is 53.0 Å². The van der Waals surface area contributed by atoms with Crippen molar-refractivity contribution in [3.63, 3.8) is 0 Å². The molecular weight excluding hydrogens is 474 g/mol. The summed E-state index contributed by atoms with van der Waals surface area (Å²) >= 11 is 3.40. The monoisotopic (exact) mass is 503 g/mol. The number of benzene rings is 2. The zero-order valence-electron chi connectivity index (χ0n) is 18.7. The molecular formula is C24H30BrN3O4. The Hall–Kier alpha value is -2.87. The first-order valence-electron chi connectivity index (χ1n) is 10.5. The highest BCUT2D eigenvalue weighted by molar-refractivity contribution is 9.10. The van der Waals surface area contributed by atoms with Crippen molar-refractivity contribution < 1.29 is 19.1 Å². The quantitative estimate of drug-likeness (QED) is 0.467. The highest BCUT2D eigenvalue weighted by Gasteiger charge is 2.15. The molecule has 0 radical (unpaired) electrons. The fourth-order valence-corrected chi connectivity index (χ4v) is 2.98. The van der Waals surface area contributed by atoms with Gasteiger partial charge in [-0.25, -0.2) is 4.79 Å². The van der Waals surface area contributed by atoms with E-state index >= 15 is 0 Å². The molecule has 0 atom stereocenters. The Morgan fingerprint density at radius 2 is 1.47 bits per heavy atom. The van der Waals surface area contributed by atoms with Crippen molar-refractivity contribution in [1.82, 2.24) is 10.6 Å². The minimum absolute atomic E-state index is 0.0113. The summed E-state index contributed by atoms with van der Waals surface area (Å²) in [5.41, 5.74) is 2.13. The number of nitrogens with one attached hydrogen (secondary N) is 3. The van der Waals surface area contributed by atoms with Crippen molar-refractivity contribution in [2.45, 2.75) is 52.2 Å². The third kappa shape index (κ3) is 10.4. The second-order valence-corrected chi connectivity index (χ2v) is 9.24. The zero-order chi connectivity index (χ0) is 23.6. The van der Waals surface area contributed by atoms with Crippen molar-refractivity contribution in [3.8, 4) is 0 Å². The van der Waals surface area contributed by atoms with Crippen LogP contribution in [0.3, 0.4) is 0 Å². The van der Waals surface area contributed by atoms with Crippen LogP contribution in [0.5, 0.6) is 0 Å². The second kappa shape index (κ2) is 12.2. The lowest BCUT2D eigenvalue weighted by Crippen LogP contribution is -2.34. The average molecular weight is 504 g/mol. The Labute approximate surface area is 197 Å². The number of anilines is 1. The third-order valence-corrected chi connectivity index (χ3v) is 4.83. The van der Waals surface area contributed by atoms with Gasteiger partial charge in [-0.05, 0) is 62.6 Å². The molecule has 2 aromatic rings. The lowest BCUT2D eigenvalue weighted by atomic mass is 10.1. The van der Waals surface area contributed by atoms with Crippen LogP contribution < -0.4 is 16.0 Å². The van der Waals surface area contributed by atoms with Gasteiger partial charge in [0.15, 0.2) is 0 Å². The fourth-order valence-electron chi connectivity index (χ4n) is 2.72. The van der Waals surface area contributed by atoms with Crippen LogP contribution in [0, 0.1) is 0 Å². The summed E-state index contributed by atoms with van der Waals surface area (Å²) < 4.78 is 6.14. The number of carbonyl (C=O) groups excluding carboxylic acids is 3. The van der Waals surface area contributed by atoms with E-state index in [-0.39, 0.29) is 24.8 Å². The summed E-state index contributed by atoms with van der Waals surface area (Å²) in [5, 5.41) is 8.24. The molecule has 0 saturated carbocycles. The van der Waals surface area contributed by atoms with Gasteiger partial charge >= 0.3 is 6.09 Å². The number of carbonyl (C=O) groups is 3. The van der Waals surface area contributed by atoms with Crippen molar-refractivity contribution >= 4 is 39.5 Å². The Balaban J connectivity index is 1.66. The summed E-state index contributed by atoms with van der Waals surface area (Å²) in [6.07, 6.45) is 0.698. The van der Waals surface area contributed by atoms with Crippen LogP contribution >= 0.6 is 15.9 Å². The van der Waals surface area contributed by atoms with Crippen molar-refractivity contribution in [2.75, 3.05) is 11.9 Å². The Kier molecular flexibility index (Phi) is 9.71. The van der Waals surface area contributed by atoms with E-state index in [0.717, 1.165) is 15.6 Å². The van der Waals surface area contributed by atoms with Crippen LogP contribution in [-0.2, 0) is 27.3 Å². The Morgan fingerprint density at radius 1 is 0.844 bits per heavy atom. The Bertz CT molecular complexity index is 906. The molecule has 172 valence electrons. The number of hydrogen-bond donors (Lipinski definition) is 3. The van der Waals surface area contributed by atoms with Crippen molar-refractivity contribution in [1.29, 1.82) is 0 Å². The maximum Gasteiger partial charge on any atom is 0.407 e. The second-order valence-electron chi connectivity index (χ2n) is 8.33. The van der Waals surface area contributed by atoms with Crippen LogP contribution in [-0.4, -0.2) is 30.1 Å². The summed E-state index contributed by atoms with van der Waals surface area (Å²) in [6, 6.07) is 15.2. The van der Waals surface area contributed by atoms with Gasteiger partial charge in [0.2, 0.25) is 11.8 Å². The predicted octanol–water partition coefficient (Wildman–Crippen LogP) is 4.55. The minimum atomic E-state index is -0.576. The van der Waals surface area contributed by atoms with E-state index < -0.39 is 11.7 Å². The number of rotatable bonds is 9. The molecule has 2 aromatic carbocycles. The molecule has 0 fully saturated rings. The summed E-state index contributed by atoms with van der Waals surface area (Å²) in [6.45, 7) is 5.94. The number of aryl methyl sites for hydroxylation is 1. The molecule has 0 heterocycles. The first kappa shape index (κ1) is 25.4. The SMILES string of the molecule is CC(C)(C)OC(=O)NCCC(=O)Nc1ccc(CNC(=O)CCc2ccc(Br)cc2)cc1. The van der Waals surface area contributed by atoms with Gasteiger partial charge in [0.25, 0.3) is 0 Å². The van der Waals surface area contributed by atoms with E-state index in [2.05, 4.69) is 31.9 Å². The first-order chi connectivity index (χ1) is 15.1. The van der Waals surface area contributed by atoms with E-state index in [0.29, 0.717) is 25.1 Å². The van der Waals surface area contributed by atoms with Crippen LogP contribution in [0.4, 0.5) is 10.5 Å². The molecule has 0 aromatic heterocycles. The standard InChI is InChI=1S/C24H30BrN3O4/c1-24(2,3)32-23(31)26-15-14-22(30)28-20-11-6-18(7-12-20)16-27-21(29)13-8-17-4-9-19(25)10-5-17/h4-7,9-12H,8,13-16H2,1-3H3,(H,26,31)(H,27,29)(H,28,30). The average Bonchev–Trinajstić information content (AvgIpc) is 2.71. The first-order valence-corrected chi connectivity index (χ1v) is 11.3. The van der Waals surface area contributed by atoms with Gasteiger partial charge in [0, 0.05) is 36.1 Å². The zero-order valence-corrected chi connectivity index (χ0v) is 20.3. The third-order valence-electron chi connectivity index (χ3n) is 4.30. The molecule has 0 aliphatic heterocycles. The summed E-state index contributed by atoms with van der Waals surface area (Å²) in [4.78, 5) is 35.7. The van der Waals surface area contributed by atoms with Gasteiger partial charge in [-0.2, -0.15) is 0 Å². The lowest BCUT2D eigenvalue weighted by Gasteiger charge is -2.19. The molecule has 0 aliphatic rings. The van der Waals surface area contributed by atoms with E-state index in [1.165, 1.54) is 0 Å². The van der Waals surface area contributed by atoms with Gasteiger partial charge in [-0.1, -0.05) is 40.2 Å². The molecule has 0 unspecified atom stereocenters. The largest absolute Gasteiger partial charge is 0.444 e. The van der Waals surface area contributed by atoms with Gasteiger partial charge in [0.1, 0.15) is 5.60 Å². The van der Waals surface area contributed by atoms with E-state index in [1.54, 1.807) is 32.9 Å². The van der Waals surface area contributed by atoms with E-state index in [4.69, 9.17) is 4.74 Å². The van der Waals surface area contributed by atoms with Gasteiger partial charge in [-0.3, -0.25) is 9.59 Å². The van der Waals surface area contributed by atoms with Crippen molar-refractivity contribution in [2.24, 2.45) is 0 Å². The van der Waals surface area contributed by atoms with Crippen LogP contribution in [0.25, 0.3) is 0 Å². The molecule has 2 rings (SSSR count). The van der Waals surface area contributed by atoms with E-state index in [1.807, 2.05) is 36.4 Å². The molecule has 0 aliphatic carbocycles. The topological polar surface area (TPSA) is 96.5 Å². The normalized spacial score (nSPS) is 10.9. The minimum Gasteiger partial charge on any atom is -0.444 e. The predicted molar refractivity (Wildman–Crippen MR) is 128 cm³/mol.